The lowest BCUT2D eigenvalue weighted by molar-refractivity contribution is -0.120. The molecule has 0 saturated heterocycles. The van der Waals surface area contributed by atoms with Crippen molar-refractivity contribution in [3.05, 3.63) is 29.8 Å². The number of nitrogens with one attached hydrogen (secondary N) is 2. The summed E-state index contributed by atoms with van der Waals surface area (Å²) in [6.07, 6.45) is 0.0847. The van der Waals surface area contributed by atoms with Crippen molar-refractivity contribution in [1.29, 1.82) is 0 Å². The highest BCUT2D eigenvalue weighted by molar-refractivity contribution is 7.89. The molecule has 0 aliphatic carbocycles. The minimum Gasteiger partial charge on any atom is -0.497 e. The highest BCUT2D eigenvalue weighted by Crippen LogP contribution is 2.13. The summed E-state index contributed by atoms with van der Waals surface area (Å²) in [4.78, 5) is 23.5. The van der Waals surface area contributed by atoms with Gasteiger partial charge in [-0.25, -0.2) is 13.1 Å². The van der Waals surface area contributed by atoms with Crippen LogP contribution >= 0.6 is 0 Å². The lowest BCUT2D eigenvalue weighted by atomic mass is 10.1. The van der Waals surface area contributed by atoms with E-state index in [0.29, 0.717) is 11.3 Å². The summed E-state index contributed by atoms with van der Waals surface area (Å²) in [5.41, 5.74) is 0.506. The molecular formula is C14H20N2O5S. The molecule has 1 rings (SSSR count). The molecule has 0 spiro atoms. The van der Waals surface area contributed by atoms with Crippen molar-refractivity contribution in [3.8, 4) is 5.75 Å². The van der Waals surface area contributed by atoms with Crippen molar-refractivity contribution in [3.63, 3.8) is 0 Å². The van der Waals surface area contributed by atoms with Gasteiger partial charge in [0.25, 0.3) is 0 Å². The predicted octanol–water partition coefficient (Wildman–Crippen LogP) is 0.324. The van der Waals surface area contributed by atoms with Gasteiger partial charge in [0.05, 0.1) is 12.9 Å². The van der Waals surface area contributed by atoms with Crippen molar-refractivity contribution in [2.75, 3.05) is 26.5 Å². The van der Waals surface area contributed by atoms with Crippen molar-refractivity contribution in [1.82, 2.24) is 10.0 Å². The molecule has 0 atom stereocenters. The number of carbonyl (C=O) groups excluding carboxylic acids is 2. The standard InChI is InChI=1S/C14H20N2O5S/c1-15-22(19,20)10-9-16-14(18)8-7-13(17)11-3-5-12(21-2)6-4-11/h3-6,15H,7-10H2,1-2H3,(H,16,18). The third-order valence-electron chi connectivity index (χ3n) is 3.00. The van der Waals surface area contributed by atoms with Crippen LogP contribution in [0.3, 0.4) is 0 Å². The monoisotopic (exact) mass is 328 g/mol. The normalized spacial score (nSPS) is 11.0. The molecule has 122 valence electrons. The fourth-order valence-electron chi connectivity index (χ4n) is 1.66. The predicted molar refractivity (Wildman–Crippen MR) is 82.4 cm³/mol. The second kappa shape index (κ2) is 8.50. The first-order valence-electron chi connectivity index (χ1n) is 6.73. The Balaban J connectivity index is 2.35. The first kappa shape index (κ1) is 18.1. The van der Waals surface area contributed by atoms with Crippen LogP contribution in [0.1, 0.15) is 23.2 Å². The Hall–Kier alpha value is -1.93. The van der Waals surface area contributed by atoms with Crippen LogP contribution in [0.15, 0.2) is 24.3 Å². The van der Waals surface area contributed by atoms with Gasteiger partial charge in [0, 0.05) is 24.9 Å². The van der Waals surface area contributed by atoms with Crippen LogP contribution in [-0.4, -0.2) is 46.6 Å². The van der Waals surface area contributed by atoms with Gasteiger partial charge in [-0.15, -0.1) is 0 Å². The summed E-state index contributed by atoms with van der Waals surface area (Å²) in [6, 6.07) is 6.63. The molecule has 1 amide bonds. The first-order chi connectivity index (χ1) is 10.4. The van der Waals surface area contributed by atoms with E-state index in [4.69, 9.17) is 4.74 Å². The van der Waals surface area contributed by atoms with Crippen LogP contribution in [-0.2, 0) is 14.8 Å². The third kappa shape index (κ3) is 6.23. The summed E-state index contributed by atoms with van der Waals surface area (Å²) in [5, 5.41) is 2.47. The van der Waals surface area contributed by atoms with Crippen LogP contribution in [0.2, 0.25) is 0 Å². The van der Waals surface area contributed by atoms with Crippen molar-refractivity contribution in [2.45, 2.75) is 12.8 Å². The minimum absolute atomic E-state index is 0.0126. The molecule has 0 aliphatic heterocycles. The Bertz CT molecular complexity index is 611. The average Bonchev–Trinajstić information content (AvgIpc) is 2.52. The van der Waals surface area contributed by atoms with E-state index in [2.05, 4.69) is 10.0 Å². The molecule has 0 radical (unpaired) electrons. The molecule has 0 heterocycles. The highest BCUT2D eigenvalue weighted by Gasteiger charge is 2.11. The Labute approximate surface area is 130 Å². The lowest BCUT2D eigenvalue weighted by Crippen LogP contribution is -2.33. The number of ether oxygens (including phenoxy) is 1. The maximum atomic E-state index is 11.9. The Morgan fingerprint density at radius 3 is 2.32 bits per heavy atom. The fourth-order valence-corrected chi connectivity index (χ4v) is 2.24. The van der Waals surface area contributed by atoms with E-state index in [9.17, 15) is 18.0 Å². The number of benzene rings is 1. The number of methoxy groups -OCH3 is 1. The van der Waals surface area contributed by atoms with Gasteiger partial charge < -0.3 is 10.1 Å². The van der Waals surface area contributed by atoms with E-state index < -0.39 is 10.0 Å². The molecule has 0 saturated carbocycles. The number of sulfonamides is 1. The summed E-state index contributed by atoms with van der Waals surface area (Å²) >= 11 is 0. The number of hydrogen-bond acceptors (Lipinski definition) is 5. The number of Topliss-reactive ketones (excluding diaryl/α,β-unsaturated/α-hetero) is 1. The smallest absolute Gasteiger partial charge is 0.220 e. The summed E-state index contributed by atoms with van der Waals surface area (Å²) in [5.74, 6) is -0.0457. The summed E-state index contributed by atoms with van der Waals surface area (Å²) in [6.45, 7) is 0.0126. The molecule has 1 aromatic rings. The zero-order valence-corrected chi connectivity index (χ0v) is 13.4. The average molecular weight is 328 g/mol. The maximum absolute atomic E-state index is 11.9. The van der Waals surface area contributed by atoms with Crippen molar-refractivity contribution in [2.24, 2.45) is 0 Å². The number of amides is 1. The molecule has 0 bridgehead atoms. The molecule has 2 N–H and O–H groups in total. The number of rotatable bonds is 9. The molecular weight excluding hydrogens is 308 g/mol. The van der Waals surface area contributed by atoms with Gasteiger partial charge in [-0.3, -0.25) is 9.59 Å². The number of carbonyl (C=O) groups is 2. The molecule has 22 heavy (non-hydrogen) atoms. The van der Waals surface area contributed by atoms with E-state index >= 15 is 0 Å². The van der Waals surface area contributed by atoms with E-state index in [0.717, 1.165) is 0 Å². The van der Waals surface area contributed by atoms with E-state index in [1.54, 1.807) is 24.3 Å². The molecule has 7 nitrogen and oxygen atoms in total. The van der Waals surface area contributed by atoms with Gasteiger partial charge in [-0.05, 0) is 31.3 Å². The SMILES string of the molecule is CNS(=O)(=O)CCNC(=O)CCC(=O)c1ccc(OC)cc1. The van der Waals surface area contributed by atoms with Crippen molar-refractivity contribution < 1.29 is 22.7 Å². The number of hydrogen-bond donors (Lipinski definition) is 2. The van der Waals surface area contributed by atoms with E-state index in [1.807, 2.05) is 0 Å². The summed E-state index contributed by atoms with van der Waals surface area (Å²) in [7, 11) is -0.492. The van der Waals surface area contributed by atoms with E-state index in [-0.39, 0.29) is 36.8 Å². The largest absolute Gasteiger partial charge is 0.497 e. The van der Waals surface area contributed by atoms with Crippen molar-refractivity contribution >= 4 is 21.7 Å². The highest BCUT2D eigenvalue weighted by atomic mass is 32.2. The van der Waals surface area contributed by atoms with Crippen LogP contribution in [0.5, 0.6) is 5.75 Å². The third-order valence-corrected chi connectivity index (χ3v) is 4.36. The van der Waals surface area contributed by atoms with Gasteiger partial charge in [0.1, 0.15) is 5.75 Å². The molecule has 0 unspecified atom stereocenters. The lowest BCUT2D eigenvalue weighted by Gasteiger charge is -2.06. The Morgan fingerprint density at radius 1 is 1.14 bits per heavy atom. The second-order valence-corrected chi connectivity index (χ2v) is 6.57. The van der Waals surface area contributed by atoms with Gasteiger partial charge in [0.2, 0.25) is 15.9 Å². The van der Waals surface area contributed by atoms with Crippen LogP contribution in [0.25, 0.3) is 0 Å². The molecule has 0 aliphatic rings. The molecule has 1 aromatic carbocycles. The first-order valence-corrected chi connectivity index (χ1v) is 8.38. The molecule has 8 heteroatoms. The van der Waals surface area contributed by atoms with Gasteiger partial charge in [0.15, 0.2) is 5.78 Å². The molecule has 0 fully saturated rings. The Morgan fingerprint density at radius 2 is 1.77 bits per heavy atom. The van der Waals surface area contributed by atoms with Crippen LogP contribution in [0, 0.1) is 0 Å². The van der Waals surface area contributed by atoms with Gasteiger partial charge >= 0.3 is 0 Å². The van der Waals surface area contributed by atoms with Gasteiger partial charge in [-0.1, -0.05) is 0 Å². The van der Waals surface area contributed by atoms with Gasteiger partial charge in [-0.2, -0.15) is 0 Å². The van der Waals surface area contributed by atoms with Crippen LogP contribution < -0.4 is 14.8 Å². The van der Waals surface area contributed by atoms with Crippen LogP contribution in [0.4, 0.5) is 0 Å². The minimum atomic E-state index is -3.34. The number of ketones is 1. The quantitative estimate of drug-likeness (QED) is 0.636. The maximum Gasteiger partial charge on any atom is 0.220 e. The summed E-state index contributed by atoms with van der Waals surface area (Å²) < 4.78 is 29.5. The zero-order chi connectivity index (χ0) is 16.6. The zero-order valence-electron chi connectivity index (χ0n) is 12.6. The topological polar surface area (TPSA) is 102 Å². The molecule has 0 aromatic heterocycles. The Kier molecular flexibility index (Phi) is 7.00. The second-order valence-electron chi connectivity index (χ2n) is 4.52. The van der Waals surface area contributed by atoms with E-state index in [1.165, 1.54) is 14.2 Å². The fraction of sp³-hybridized carbons (Fsp3) is 0.429.